The summed E-state index contributed by atoms with van der Waals surface area (Å²) in [5.74, 6) is 0.919. The van der Waals surface area contributed by atoms with E-state index in [-0.39, 0.29) is 0 Å². The fraction of sp³-hybridized carbons (Fsp3) is 0.267. The van der Waals surface area contributed by atoms with Crippen LogP contribution in [0, 0.1) is 0 Å². The molecule has 3 nitrogen and oxygen atoms in total. The maximum absolute atomic E-state index is 6.16. The average Bonchev–Trinajstić information content (AvgIpc) is 2.65. The van der Waals surface area contributed by atoms with Crippen LogP contribution in [0.2, 0.25) is 10.3 Å². The lowest BCUT2D eigenvalue weighted by atomic mass is 10.2. The minimum Gasteiger partial charge on any atom is -0.491 e. The number of anilines is 1. The van der Waals surface area contributed by atoms with E-state index >= 15 is 0 Å². The molecule has 0 saturated carbocycles. The summed E-state index contributed by atoms with van der Waals surface area (Å²) < 4.78 is 5.75. The lowest BCUT2D eigenvalue weighted by Gasteiger charge is -2.24. The molecule has 2 heterocycles. The summed E-state index contributed by atoms with van der Waals surface area (Å²) in [5, 5.41) is 0.874. The monoisotopic (exact) mass is 308 g/mol. The van der Waals surface area contributed by atoms with Crippen LogP contribution in [-0.2, 0) is 6.54 Å². The average molecular weight is 309 g/mol. The molecule has 1 aromatic heterocycles. The summed E-state index contributed by atoms with van der Waals surface area (Å²) in [6, 6.07) is 11.8. The van der Waals surface area contributed by atoms with Gasteiger partial charge >= 0.3 is 0 Å². The van der Waals surface area contributed by atoms with Gasteiger partial charge in [0.25, 0.3) is 0 Å². The van der Waals surface area contributed by atoms with Gasteiger partial charge in [-0.15, -0.1) is 0 Å². The van der Waals surface area contributed by atoms with Gasteiger partial charge in [-0.05, 0) is 24.6 Å². The van der Waals surface area contributed by atoms with Crippen LogP contribution in [0.25, 0.3) is 0 Å². The molecular formula is C15H14Cl2N2O. The van der Waals surface area contributed by atoms with Gasteiger partial charge in [0, 0.05) is 18.7 Å². The third-order valence-electron chi connectivity index (χ3n) is 3.29. The van der Waals surface area contributed by atoms with E-state index in [2.05, 4.69) is 16.0 Å². The Hall–Kier alpha value is -1.45. The Bertz CT molecular complexity index is 619. The van der Waals surface area contributed by atoms with Crippen molar-refractivity contribution < 1.29 is 4.74 Å². The Morgan fingerprint density at radius 3 is 2.85 bits per heavy atom. The number of aromatic nitrogens is 1. The van der Waals surface area contributed by atoms with Gasteiger partial charge in [0.2, 0.25) is 0 Å². The molecule has 2 aromatic rings. The summed E-state index contributed by atoms with van der Waals surface area (Å²) in [4.78, 5) is 6.35. The predicted octanol–water partition coefficient (Wildman–Crippen LogP) is 4.18. The molecule has 0 bridgehead atoms. The largest absolute Gasteiger partial charge is 0.491 e. The molecule has 0 amide bonds. The van der Waals surface area contributed by atoms with Gasteiger partial charge in [-0.2, -0.15) is 0 Å². The van der Waals surface area contributed by atoms with E-state index in [9.17, 15) is 0 Å². The highest BCUT2D eigenvalue weighted by Crippen LogP contribution is 2.32. The van der Waals surface area contributed by atoms with Crippen molar-refractivity contribution in [2.45, 2.75) is 13.0 Å². The van der Waals surface area contributed by atoms with E-state index in [1.807, 2.05) is 24.3 Å². The summed E-state index contributed by atoms with van der Waals surface area (Å²) in [7, 11) is 0. The minimum atomic E-state index is 0.415. The molecule has 0 atom stereocenters. The molecule has 0 spiro atoms. The zero-order valence-corrected chi connectivity index (χ0v) is 12.4. The highest BCUT2D eigenvalue weighted by molar-refractivity contribution is 6.32. The fourth-order valence-electron chi connectivity index (χ4n) is 2.33. The number of fused-ring (bicyclic) bond motifs is 1. The van der Waals surface area contributed by atoms with Crippen LogP contribution in [0.15, 0.2) is 36.4 Å². The zero-order chi connectivity index (χ0) is 13.9. The van der Waals surface area contributed by atoms with Crippen LogP contribution in [0.3, 0.4) is 0 Å². The first kappa shape index (κ1) is 13.5. The molecule has 0 saturated heterocycles. The first-order valence-electron chi connectivity index (χ1n) is 6.52. The van der Waals surface area contributed by atoms with Crippen LogP contribution in [0.1, 0.15) is 12.0 Å². The summed E-state index contributed by atoms with van der Waals surface area (Å²) in [5.41, 5.74) is 2.06. The first-order valence-corrected chi connectivity index (χ1v) is 7.27. The molecule has 1 aliphatic heterocycles. The number of hydrogen-bond acceptors (Lipinski definition) is 3. The van der Waals surface area contributed by atoms with E-state index in [4.69, 9.17) is 27.9 Å². The van der Waals surface area contributed by atoms with Gasteiger partial charge in [0.15, 0.2) is 0 Å². The van der Waals surface area contributed by atoms with Gasteiger partial charge in [-0.1, -0.05) is 41.4 Å². The van der Waals surface area contributed by atoms with Gasteiger partial charge in [-0.25, -0.2) is 4.98 Å². The number of para-hydroxylation sites is 2. The Balaban J connectivity index is 1.90. The Kier molecular flexibility index (Phi) is 3.99. The molecule has 1 aromatic carbocycles. The number of pyridine rings is 1. The number of ether oxygens (including phenoxy) is 1. The maximum Gasteiger partial charge on any atom is 0.142 e. The van der Waals surface area contributed by atoms with Crippen LogP contribution >= 0.6 is 23.2 Å². The predicted molar refractivity (Wildman–Crippen MR) is 81.9 cm³/mol. The van der Waals surface area contributed by atoms with Crippen molar-refractivity contribution in [1.82, 2.24) is 4.98 Å². The fourth-order valence-corrected chi connectivity index (χ4v) is 2.73. The Labute approximate surface area is 128 Å². The van der Waals surface area contributed by atoms with Crippen molar-refractivity contribution in [1.29, 1.82) is 0 Å². The molecule has 0 unspecified atom stereocenters. The summed E-state index contributed by atoms with van der Waals surface area (Å²) in [6.45, 7) is 2.36. The van der Waals surface area contributed by atoms with Gasteiger partial charge in [0.05, 0.1) is 12.3 Å². The zero-order valence-electron chi connectivity index (χ0n) is 10.9. The second-order valence-electron chi connectivity index (χ2n) is 4.68. The van der Waals surface area contributed by atoms with Crippen molar-refractivity contribution in [3.63, 3.8) is 0 Å². The van der Waals surface area contributed by atoms with Crippen LogP contribution in [-0.4, -0.2) is 18.1 Å². The SMILES string of the molecule is Clc1ccc(CN2CCCOc3ccccc32)c(Cl)n1. The number of hydrogen-bond donors (Lipinski definition) is 0. The van der Waals surface area contributed by atoms with E-state index in [1.54, 1.807) is 6.07 Å². The highest BCUT2D eigenvalue weighted by atomic mass is 35.5. The number of halogens is 2. The van der Waals surface area contributed by atoms with Gasteiger partial charge in [-0.3, -0.25) is 0 Å². The normalized spacial score (nSPS) is 14.4. The van der Waals surface area contributed by atoms with Gasteiger partial charge in [0.1, 0.15) is 16.1 Å². The Morgan fingerprint density at radius 2 is 2.00 bits per heavy atom. The van der Waals surface area contributed by atoms with E-state index in [0.29, 0.717) is 16.9 Å². The van der Waals surface area contributed by atoms with Crippen molar-refractivity contribution in [3.05, 3.63) is 52.3 Å². The molecule has 3 rings (SSSR count). The number of benzene rings is 1. The topological polar surface area (TPSA) is 25.4 Å². The van der Waals surface area contributed by atoms with E-state index < -0.39 is 0 Å². The third kappa shape index (κ3) is 2.84. The number of rotatable bonds is 2. The van der Waals surface area contributed by atoms with Crippen LogP contribution in [0.4, 0.5) is 5.69 Å². The second-order valence-corrected chi connectivity index (χ2v) is 5.42. The van der Waals surface area contributed by atoms with Crippen molar-refractivity contribution in [3.8, 4) is 5.75 Å². The molecule has 20 heavy (non-hydrogen) atoms. The Morgan fingerprint density at radius 1 is 1.15 bits per heavy atom. The molecule has 104 valence electrons. The molecule has 0 radical (unpaired) electrons. The molecule has 1 aliphatic rings. The molecule has 5 heteroatoms. The maximum atomic E-state index is 6.16. The highest BCUT2D eigenvalue weighted by Gasteiger charge is 2.17. The van der Waals surface area contributed by atoms with Crippen molar-refractivity contribution >= 4 is 28.9 Å². The standard InChI is InChI=1S/C15H14Cl2N2O/c16-14-7-6-11(15(17)18-14)10-19-8-3-9-20-13-5-2-1-4-12(13)19/h1-2,4-7H,3,8-10H2. The number of nitrogens with zero attached hydrogens (tertiary/aromatic N) is 2. The first-order chi connectivity index (χ1) is 9.74. The minimum absolute atomic E-state index is 0.415. The molecule has 0 fully saturated rings. The summed E-state index contributed by atoms with van der Waals surface area (Å²) in [6.07, 6.45) is 0.979. The van der Waals surface area contributed by atoms with Crippen LogP contribution < -0.4 is 9.64 Å². The van der Waals surface area contributed by atoms with E-state index in [1.165, 1.54) is 0 Å². The summed E-state index contributed by atoms with van der Waals surface area (Å²) >= 11 is 12.0. The smallest absolute Gasteiger partial charge is 0.142 e. The molecular weight excluding hydrogens is 295 g/mol. The third-order valence-corrected chi connectivity index (χ3v) is 3.83. The quantitative estimate of drug-likeness (QED) is 0.778. The second kappa shape index (κ2) is 5.90. The lowest BCUT2D eigenvalue weighted by molar-refractivity contribution is 0.322. The lowest BCUT2D eigenvalue weighted by Crippen LogP contribution is -2.23. The van der Waals surface area contributed by atoms with Crippen molar-refractivity contribution in [2.24, 2.45) is 0 Å². The molecule has 0 aliphatic carbocycles. The molecule has 0 N–H and O–H groups in total. The van der Waals surface area contributed by atoms with Gasteiger partial charge < -0.3 is 9.64 Å². The van der Waals surface area contributed by atoms with Crippen molar-refractivity contribution in [2.75, 3.05) is 18.1 Å². The van der Waals surface area contributed by atoms with Crippen LogP contribution in [0.5, 0.6) is 5.75 Å². The van der Waals surface area contributed by atoms with E-state index in [0.717, 1.165) is 36.6 Å².